The fourth-order valence-electron chi connectivity index (χ4n) is 6.59. The van der Waals surface area contributed by atoms with Gasteiger partial charge in [0.1, 0.15) is 6.61 Å². The maximum absolute atomic E-state index is 13.8. The number of carbonyl (C=O) groups excluding carboxylic acids is 1. The van der Waals surface area contributed by atoms with E-state index < -0.39 is 10.0 Å². The Bertz CT molecular complexity index is 1260. The molecule has 1 amide bonds. The number of rotatable bonds is 11. The fourth-order valence-corrected chi connectivity index (χ4v) is 8.68. The van der Waals surface area contributed by atoms with Gasteiger partial charge in [-0.15, -0.1) is 0 Å². The number of piperidine rings is 1. The number of carbonyl (C=O) groups is 1. The minimum atomic E-state index is -3.67. The smallest absolute Gasteiger partial charge is 0.249 e. The van der Waals surface area contributed by atoms with Crippen LogP contribution in [-0.2, 0) is 32.6 Å². The van der Waals surface area contributed by atoms with E-state index in [1.807, 2.05) is 37.8 Å². The van der Waals surface area contributed by atoms with Crippen molar-refractivity contribution < 1.29 is 17.9 Å². The zero-order chi connectivity index (χ0) is 29.0. The summed E-state index contributed by atoms with van der Waals surface area (Å²) < 4.78 is 37.6. The first kappa shape index (κ1) is 30.8. The predicted molar refractivity (Wildman–Crippen MR) is 159 cm³/mol. The molecule has 2 unspecified atom stereocenters. The van der Waals surface area contributed by atoms with Gasteiger partial charge < -0.3 is 19.1 Å². The lowest BCUT2D eigenvalue weighted by molar-refractivity contribution is -0.140. The summed E-state index contributed by atoms with van der Waals surface area (Å²) in [5.74, 6) is -0.0156. The van der Waals surface area contributed by atoms with E-state index in [0.717, 1.165) is 68.3 Å². The summed E-state index contributed by atoms with van der Waals surface area (Å²) in [7, 11) is 0.484. The van der Waals surface area contributed by atoms with Crippen molar-refractivity contribution in [2.45, 2.75) is 96.3 Å². The van der Waals surface area contributed by atoms with Crippen molar-refractivity contribution in [1.82, 2.24) is 18.7 Å². The molecule has 0 bridgehead atoms. The van der Waals surface area contributed by atoms with Gasteiger partial charge in [0, 0.05) is 43.6 Å². The molecule has 1 aromatic carbocycles. The van der Waals surface area contributed by atoms with Crippen molar-refractivity contribution in [3.8, 4) is 0 Å². The van der Waals surface area contributed by atoms with Crippen molar-refractivity contribution in [2.24, 2.45) is 0 Å². The Morgan fingerprint density at radius 3 is 2.45 bits per heavy atom. The first-order chi connectivity index (χ1) is 19.0. The number of nitrogens with zero attached hydrogens (tertiary/aromatic N) is 4. The highest BCUT2D eigenvalue weighted by atomic mass is 32.2. The number of fused-ring (bicyclic) bond motifs is 1. The largest absolute Gasteiger partial charge is 0.370 e. The third-order valence-corrected chi connectivity index (χ3v) is 10.6. The molecular weight excluding hydrogens is 524 g/mol. The average molecular weight is 573 g/mol. The molecule has 2 aromatic rings. The van der Waals surface area contributed by atoms with E-state index in [2.05, 4.69) is 42.6 Å². The van der Waals surface area contributed by atoms with Crippen LogP contribution in [0.2, 0.25) is 0 Å². The molecule has 0 aliphatic carbocycles. The zero-order valence-electron chi connectivity index (χ0n) is 25.3. The molecule has 0 saturated carbocycles. The van der Waals surface area contributed by atoms with Gasteiger partial charge in [-0.1, -0.05) is 43.9 Å². The summed E-state index contributed by atoms with van der Waals surface area (Å²) in [5, 5.41) is 0. The van der Waals surface area contributed by atoms with Crippen LogP contribution < -0.4 is 0 Å². The van der Waals surface area contributed by atoms with E-state index in [4.69, 9.17) is 4.74 Å². The van der Waals surface area contributed by atoms with Gasteiger partial charge in [0.25, 0.3) is 0 Å². The number of unbranched alkanes of at least 4 members (excludes halogenated alkanes) is 1. The number of hydrogen-bond acceptors (Lipinski definition) is 5. The number of hydrogen-bond donors (Lipinski definition) is 0. The number of aryl methyl sites for hydroxylation is 3. The molecule has 0 radical (unpaired) electrons. The van der Waals surface area contributed by atoms with Gasteiger partial charge in [-0.2, -0.15) is 4.31 Å². The molecule has 1 saturated heterocycles. The maximum Gasteiger partial charge on any atom is 0.249 e. The highest BCUT2D eigenvalue weighted by Crippen LogP contribution is 2.33. The molecule has 9 heteroatoms. The second-order valence-electron chi connectivity index (χ2n) is 11.9. The summed E-state index contributed by atoms with van der Waals surface area (Å²) in [6.45, 7) is 10.9. The van der Waals surface area contributed by atoms with Crippen LogP contribution in [0.3, 0.4) is 0 Å². The van der Waals surface area contributed by atoms with E-state index in [9.17, 15) is 13.2 Å². The first-order valence-electron chi connectivity index (χ1n) is 14.8. The van der Waals surface area contributed by atoms with Crippen LogP contribution in [0.15, 0.2) is 29.2 Å². The van der Waals surface area contributed by atoms with Gasteiger partial charge >= 0.3 is 0 Å². The molecule has 2 aliphatic rings. The third kappa shape index (κ3) is 6.64. The summed E-state index contributed by atoms with van der Waals surface area (Å²) in [6.07, 6.45) is 5.58. The molecular formula is C31H48N4O4S. The van der Waals surface area contributed by atoms with E-state index in [-0.39, 0.29) is 31.2 Å². The van der Waals surface area contributed by atoms with Crippen LogP contribution in [0.25, 0.3) is 0 Å². The number of benzene rings is 1. The normalized spacial score (nSPS) is 20.2. The van der Waals surface area contributed by atoms with Gasteiger partial charge in [0.2, 0.25) is 15.9 Å². The highest BCUT2D eigenvalue weighted by molar-refractivity contribution is 7.89. The summed E-state index contributed by atoms with van der Waals surface area (Å²) in [4.78, 5) is 18.0. The Hall–Kier alpha value is -2.20. The minimum absolute atomic E-state index is 0.0156. The topological polar surface area (TPSA) is 75.1 Å². The summed E-state index contributed by atoms with van der Waals surface area (Å²) in [6, 6.07) is 8.01. The summed E-state index contributed by atoms with van der Waals surface area (Å²) in [5.41, 5.74) is 5.10. The molecule has 40 heavy (non-hydrogen) atoms. The van der Waals surface area contributed by atoms with Gasteiger partial charge in [-0.05, 0) is 77.4 Å². The minimum Gasteiger partial charge on any atom is -0.370 e. The van der Waals surface area contributed by atoms with Crippen molar-refractivity contribution in [3.05, 3.63) is 52.3 Å². The van der Waals surface area contributed by atoms with Crippen LogP contribution in [0.1, 0.15) is 79.6 Å². The quantitative estimate of drug-likeness (QED) is 0.386. The standard InChI is InChI=1S/C31H48N4O4S/c1-7-8-12-28-29-14-13-26(20-32(5)6)33(29)16-17-34(28)30(36)22-39-21-27-11-9-10-15-35(27)40(37,38)31-24(3)18-23(2)19-25(31)4/h13-14,18-19,27-28H,7-12,15-17,20-22H2,1-6H3. The van der Waals surface area contributed by atoms with Gasteiger partial charge in [0.05, 0.1) is 17.5 Å². The van der Waals surface area contributed by atoms with Gasteiger partial charge in [-0.3, -0.25) is 4.79 Å². The highest BCUT2D eigenvalue weighted by Gasteiger charge is 2.36. The summed E-state index contributed by atoms with van der Waals surface area (Å²) >= 11 is 0. The number of sulfonamides is 1. The van der Waals surface area contributed by atoms with Crippen LogP contribution in [0.4, 0.5) is 0 Å². The Labute approximate surface area is 241 Å². The maximum atomic E-state index is 13.8. The molecule has 2 aliphatic heterocycles. The van der Waals surface area contributed by atoms with Crippen LogP contribution in [0.5, 0.6) is 0 Å². The molecule has 8 nitrogen and oxygen atoms in total. The lowest BCUT2D eigenvalue weighted by Crippen LogP contribution is -2.47. The SMILES string of the molecule is CCCCC1c2ccc(CN(C)C)n2CCN1C(=O)COCC1CCCCN1S(=O)(=O)c1c(C)cc(C)cc1C. The Morgan fingerprint density at radius 2 is 1.77 bits per heavy atom. The molecule has 3 heterocycles. The van der Waals surface area contributed by atoms with Crippen molar-refractivity contribution >= 4 is 15.9 Å². The Balaban J connectivity index is 1.44. The second-order valence-corrected chi connectivity index (χ2v) is 13.7. The van der Waals surface area contributed by atoms with Crippen molar-refractivity contribution in [3.63, 3.8) is 0 Å². The predicted octanol–water partition coefficient (Wildman–Crippen LogP) is 4.81. The fraction of sp³-hybridized carbons (Fsp3) is 0.645. The van der Waals surface area contributed by atoms with Crippen LogP contribution in [-0.4, -0.2) is 79.4 Å². The number of aromatic nitrogens is 1. The molecule has 222 valence electrons. The molecule has 4 rings (SSSR count). The monoisotopic (exact) mass is 572 g/mol. The molecule has 1 aromatic heterocycles. The van der Waals surface area contributed by atoms with Crippen molar-refractivity contribution in [2.75, 3.05) is 40.4 Å². The molecule has 0 spiro atoms. The van der Waals surface area contributed by atoms with Gasteiger partial charge in [-0.25, -0.2) is 8.42 Å². The van der Waals surface area contributed by atoms with E-state index in [1.54, 1.807) is 4.31 Å². The lowest BCUT2D eigenvalue weighted by Gasteiger charge is -2.38. The van der Waals surface area contributed by atoms with E-state index in [1.165, 1.54) is 11.4 Å². The Morgan fingerprint density at radius 1 is 1.05 bits per heavy atom. The van der Waals surface area contributed by atoms with E-state index >= 15 is 0 Å². The molecule has 1 fully saturated rings. The number of amides is 1. The average Bonchev–Trinajstić information content (AvgIpc) is 3.28. The zero-order valence-corrected chi connectivity index (χ0v) is 26.1. The lowest BCUT2D eigenvalue weighted by atomic mass is 10.0. The number of ether oxygens (including phenoxy) is 1. The van der Waals surface area contributed by atoms with Crippen LogP contribution in [0, 0.1) is 20.8 Å². The Kier molecular flexibility index (Phi) is 10.1. The van der Waals surface area contributed by atoms with Crippen LogP contribution >= 0.6 is 0 Å². The third-order valence-electron chi connectivity index (χ3n) is 8.30. The van der Waals surface area contributed by atoms with Gasteiger partial charge in [0.15, 0.2) is 0 Å². The first-order valence-corrected chi connectivity index (χ1v) is 16.3. The molecule has 2 atom stereocenters. The molecule has 0 N–H and O–H groups in total. The van der Waals surface area contributed by atoms with E-state index in [0.29, 0.717) is 18.0 Å². The second kappa shape index (κ2) is 13.2. The van der Waals surface area contributed by atoms with Crippen molar-refractivity contribution in [1.29, 1.82) is 0 Å².